The highest BCUT2D eigenvalue weighted by atomic mass is 33.1. The van der Waals surface area contributed by atoms with Gasteiger partial charge in [-0.3, -0.25) is 24.0 Å². The SMILES string of the molecule is NC(CCC(=O)CC(CSSCC(NC(=O)CCC(N)C(=O)O)C(=O)O)C(=O)O)C(=O)O. The van der Waals surface area contributed by atoms with E-state index in [0.717, 1.165) is 21.6 Å². The van der Waals surface area contributed by atoms with Crippen LogP contribution in [-0.4, -0.2) is 85.6 Å². The van der Waals surface area contributed by atoms with Crippen LogP contribution in [0, 0.1) is 5.92 Å². The summed E-state index contributed by atoms with van der Waals surface area (Å²) < 4.78 is 0. The third-order valence-corrected chi connectivity index (χ3v) is 6.59. The number of aliphatic carboxylic acids is 4. The summed E-state index contributed by atoms with van der Waals surface area (Å²) in [5.74, 6) is -7.42. The Bertz CT molecular complexity index is 648. The van der Waals surface area contributed by atoms with E-state index in [0.29, 0.717) is 0 Å². The predicted octanol–water partition coefficient (Wildman–Crippen LogP) is -1.02. The van der Waals surface area contributed by atoms with Gasteiger partial charge >= 0.3 is 23.9 Å². The number of hydrogen-bond donors (Lipinski definition) is 7. The number of hydrogen-bond acceptors (Lipinski definition) is 10. The van der Waals surface area contributed by atoms with Crippen LogP contribution in [0.1, 0.15) is 32.1 Å². The molecule has 0 rings (SSSR count). The average Bonchev–Trinajstić information content (AvgIpc) is 2.70. The minimum atomic E-state index is -1.33. The van der Waals surface area contributed by atoms with Gasteiger partial charge in [0, 0.05) is 30.8 Å². The van der Waals surface area contributed by atoms with E-state index in [2.05, 4.69) is 5.32 Å². The molecule has 0 radical (unpaired) electrons. The molecule has 13 nitrogen and oxygen atoms in total. The van der Waals surface area contributed by atoms with Crippen molar-refractivity contribution >= 4 is 57.2 Å². The van der Waals surface area contributed by atoms with Crippen LogP contribution >= 0.6 is 21.6 Å². The van der Waals surface area contributed by atoms with E-state index >= 15 is 0 Å². The lowest BCUT2D eigenvalue weighted by Crippen LogP contribution is -2.43. The molecule has 32 heavy (non-hydrogen) atoms. The minimum absolute atomic E-state index is 0.0233. The van der Waals surface area contributed by atoms with Gasteiger partial charge in [0.1, 0.15) is 23.9 Å². The van der Waals surface area contributed by atoms with Gasteiger partial charge in [0.15, 0.2) is 0 Å². The lowest BCUT2D eigenvalue weighted by atomic mass is 10.0. The molecular weight excluding hydrogens is 470 g/mol. The number of carbonyl (C=O) groups excluding carboxylic acids is 2. The Kier molecular flexibility index (Phi) is 14.3. The average molecular weight is 498 g/mol. The Morgan fingerprint density at radius 3 is 1.69 bits per heavy atom. The fraction of sp³-hybridized carbons (Fsp3) is 0.647. The van der Waals surface area contributed by atoms with Gasteiger partial charge in [-0.05, 0) is 12.8 Å². The molecule has 0 aromatic carbocycles. The number of nitrogens with two attached hydrogens (primary N) is 2. The number of carbonyl (C=O) groups is 6. The first kappa shape index (κ1) is 29.6. The second-order valence-electron chi connectivity index (χ2n) is 6.77. The van der Waals surface area contributed by atoms with Gasteiger partial charge in [0.2, 0.25) is 5.91 Å². The molecule has 0 aliphatic rings. The second kappa shape index (κ2) is 15.4. The standard InChI is InChI=1S/C17H27N3O10S2/c18-10(15(25)26)2-1-9(21)5-8(14(23)24)6-31-32-7-12(17(29)30)20-13(22)4-3-11(19)16(27)28/h8,10-12H,1-7,18-19H2,(H,20,22)(H,23,24)(H,25,26)(H,27,28)(H,29,30). The highest BCUT2D eigenvalue weighted by Crippen LogP contribution is 2.26. The van der Waals surface area contributed by atoms with Crippen molar-refractivity contribution in [3.8, 4) is 0 Å². The topological polar surface area (TPSA) is 247 Å². The summed E-state index contributed by atoms with van der Waals surface area (Å²) in [5.41, 5.74) is 10.6. The number of ketones is 1. The number of nitrogens with one attached hydrogen (secondary N) is 1. The van der Waals surface area contributed by atoms with Crippen LogP contribution < -0.4 is 16.8 Å². The second-order valence-corrected chi connectivity index (χ2v) is 9.32. The van der Waals surface area contributed by atoms with Gasteiger partial charge in [-0.1, -0.05) is 21.6 Å². The number of rotatable bonds is 18. The van der Waals surface area contributed by atoms with E-state index in [1.165, 1.54) is 0 Å². The third kappa shape index (κ3) is 13.1. The van der Waals surface area contributed by atoms with Crippen molar-refractivity contribution in [2.24, 2.45) is 17.4 Å². The van der Waals surface area contributed by atoms with E-state index in [1.54, 1.807) is 0 Å². The van der Waals surface area contributed by atoms with Crippen molar-refractivity contribution in [3.05, 3.63) is 0 Å². The molecule has 4 unspecified atom stereocenters. The van der Waals surface area contributed by atoms with Gasteiger partial charge in [0.25, 0.3) is 0 Å². The Labute approximate surface area is 191 Å². The molecule has 1 amide bonds. The normalized spacial score (nSPS) is 14.6. The fourth-order valence-electron chi connectivity index (χ4n) is 2.13. The molecule has 0 aliphatic carbocycles. The van der Waals surface area contributed by atoms with E-state index in [4.69, 9.17) is 21.7 Å². The molecule has 0 aromatic rings. The molecule has 0 bridgehead atoms. The number of amides is 1. The monoisotopic (exact) mass is 497 g/mol. The first-order chi connectivity index (χ1) is 14.8. The van der Waals surface area contributed by atoms with Crippen LogP contribution in [0.4, 0.5) is 0 Å². The van der Waals surface area contributed by atoms with Crippen molar-refractivity contribution in [1.82, 2.24) is 5.32 Å². The Morgan fingerprint density at radius 1 is 0.719 bits per heavy atom. The first-order valence-electron chi connectivity index (χ1n) is 9.33. The van der Waals surface area contributed by atoms with Crippen LogP contribution in [0.2, 0.25) is 0 Å². The Morgan fingerprint density at radius 2 is 1.22 bits per heavy atom. The minimum Gasteiger partial charge on any atom is -0.481 e. The maximum atomic E-state index is 11.9. The van der Waals surface area contributed by atoms with Gasteiger partial charge < -0.3 is 37.2 Å². The lowest BCUT2D eigenvalue weighted by molar-refractivity contribution is -0.143. The molecule has 0 saturated carbocycles. The van der Waals surface area contributed by atoms with E-state index in [1.807, 2.05) is 0 Å². The van der Waals surface area contributed by atoms with Gasteiger partial charge in [-0.2, -0.15) is 0 Å². The van der Waals surface area contributed by atoms with Crippen molar-refractivity contribution in [2.75, 3.05) is 11.5 Å². The summed E-state index contributed by atoms with van der Waals surface area (Å²) in [6, 6.07) is -3.75. The first-order valence-corrected chi connectivity index (χ1v) is 11.8. The van der Waals surface area contributed by atoms with Gasteiger partial charge in [0.05, 0.1) is 5.92 Å². The molecule has 4 atom stereocenters. The number of carboxylic acid groups (broad SMARTS) is 4. The Balaban J connectivity index is 4.46. The summed E-state index contributed by atoms with van der Waals surface area (Å²) >= 11 is 0. The van der Waals surface area contributed by atoms with Gasteiger partial charge in [-0.15, -0.1) is 0 Å². The summed E-state index contributed by atoms with van der Waals surface area (Å²) in [4.78, 5) is 67.6. The highest BCUT2D eigenvalue weighted by Gasteiger charge is 2.24. The van der Waals surface area contributed by atoms with Crippen molar-refractivity contribution in [2.45, 2.75) is 50.2 Å². The molecule has 0 spiro atoms. The molecule has 0 aliphatic heterocycles. The van der Waals surface area contributed by atoms with Crippen LogP contribution in [0.5, 0.6) is 0 Å². The van der Waals surface area contributed by atoms with E-state index in [-0.39, 0.29) is 43.6 Å². The van der Waals surface area contributed by atoms with Crippen molar-refractivity contribution in [1.29, 1.82) is 0 Å². The smallest absolute Gasteiger partial charge is 0.327 e. The molecule has 0 aromatic heterocycles. The van der Waals surface area contributed by atoms with E-state index in [9.17, 15) is 39.0 Å². The summed E-state index contributed by atoms with van der Waals surface area (Å²) in [6.45, 7) is 0. The largest absolute Gasteiger partial charge is 0.481 e. The van der Waals surface area contributed by atoms with Crippen molar-refractivity contribution in [3.63, 3.8) is 0 Å². The van der Waals surface area contributed by atoms with Crippen LogP contribution in [0.15, 0.2) is 0 Å². The quantitative estimate of drug-likeness (QED) is 0.0884. The Hall–Kier alpha value is -2.36. The molecule has 9 N–H and O–H groups in total. The summed E-state index contributed by atoms with van der Waals surface area (Å²) in [7, 11) is 1.99. The fourth-order valence-corrected chi connectivity index (χ4v) is 4.59. The van der Waals surface area contributed by atoms with Gasteiger partial charge in [-0.25, -0.2) is 4.79 Å². The zero-order chi connectivity index (χ0) is 24.8. The maximum absolute atomic E-state index is 11.9. The number of carboxylic acids is 4. The third-order valence-electron chi connectivity index (χ3n) is 4.09. The summed E-state index contributed by atoms with van der Waals surface area (Å²) in [6.07, 6.45) is -1.05. The summed E-state index contributed by atoms with van der Waals surface area (Å²) in [5, 5.41) is 38.1. The van der Waals surface area contributed by atoms with Crippen LogP contribution in [0.25, 0.3) is 0 Å². The zero-order valence-corrected chi connectivity index (χ0v) is 18.6. The molecule has 182 valence electrons. The maximum Gasteiger partial charge on any atom is 0.327 e. The molecular formula is C17H27N3O10S2. The van der Waals surface area contributed by atoms with Crippen LogP contribution in [0.3, 0.4) is 0 Å². The predicted molar refractivity (Wildman–Crippen MR) is 115 cm³/mol. The molecule has 0 fully saturated rings. The van der Waals surface area contributed by atoms with E-state index < -0.39 is 59.6 Å². The number of Topliss-reactive ketones (excluding diaryl/α,β-unsaturated/α-hetero) is 1. The van der Waals surface area contributed by atoms with Crippen molar-refractivity contribution < 1.29 is 49.2 Å². The molecule has 0 heterocycles. The zero-order valence-electron chi connectivity index (χ0n) is 17.0. The molecule has 15 heteroatoms. The van der Waals surface area contributed by atoms with Crippen LogP contribution in [-0.2, 0) is 28.8 Å². The molecule has 0 saturated heterocycles. The highest BCUT2D eigenvalue weighted by molar-refractivity contribution is 8.76. The lowest BCUT2D eigenvalue weighted by Gasteiger charge is -2.15.